The van der Waals surface area contributed by atoms with E-state index in [9.17, 15) is 8.78 Å². The van der Waals surface area contributed by atoms with Crippen LogP contribution < -0.4 is 0 Å². The molecular formula is C20H23F2N. The van der Waals surface area contributed by atoms with Gasteiger partial charge in [0.05, 0.1) is 6.04 Å². The number of rotatable bonds is 3. The number of benzene rings is 2. The highest BCUT2D eigenvalue weighted by Crippen LogP contribution is 2.35. The summed E-state index contributed by atoms with van der Waals surface area (Å²) in [4.78, 5) is 2.47. The van der Waals surface area contributed by atoms with E-state index in [0.29, 0.717) is 12.0 Å². The smallest absolute Gasteiger partial charge is 0.123 e. The fraction of sp³-hybridized carbons (Fsp3) is 0.400. The molecule has 0 bridgehead atoms. The Morgan fingerprint density at radius 3 is 1.78 bits per heavy atom. The maximum absolute atomic E-state index is 13.3. The lowest BCUT2D eigenvalue weighted by Gasteiger charge is -2.42. The Bertz CT molecular complexity index is 590. The van der Waals surface area contributed by atoms with Crippen LogP contribution in [0.5, 0.6) is 0 Å². The molecule has 3 heteroatoms. The normalized spacial score (nSPS) is 22.5. The molecule has 0 spiro atoms. The van der Waals surface area contributed by atoms with Crippen LogP contribution in [0.25, 0.3) is 0 Å². The molecule has 0 aromatic heterocycles. The molecule has 0 saturated carbocycles. The Labute approximate surface area is 136 Å². The lowest BCUT2D eigenvalue weighted by Crippen LogP contribution is -2.43. The van der Waals surface area contributed by atoms with Gasteiger partial charge in [-0.15, -0.1) is 0 Å². The van der Waals surface area contributed by atoms with Gasteiger partial charge in [-0.3, -0.25) is 4.90 Å². The van der Waals surface area contributed by atoms with E-state index in [-0.39, 0.29) is 17.7 Å². The van der Waals surface area contributed by atoms with Crippen molar-refractivity contribution in [2.45, 2.75) is 38.8 Å². The molecule has 1 aliphatic rings. The summed E-state index contributed by atoms with van der Waals surface area (Å²) in [6.45, 7) is 5.51. The number of likely N-dealkylation sites (tertiary alicyclic amines) is 1. The third kappa shape index (κ3) is 3.61. The van der Waals surface area contributed by atoms with Crippen LogP contribution in [0.1, 0.15) is 43.9 Å². The molecule has 1 aliphatic heterocycles. The van der Waals surface area contributed by atoms with Crippen molar-refractivity contribution < 1.29 is 8.78 Å². The van der Waals surface area contributed by atoms with Crippen molar-refractivity contribution in [1.82, 2.24) is 4.90 Å². The summed E-state index contributed by atoms with van der Waals surface area (Å²) in [5.74, 6) is 0.174. The van der Waals surface area contributed by atoms with E-state index in [0.717, 1.165) is 24.1 Å². The predicted molar refractivity (Wildman–Crippen MR) is 89.2 cm³/mol. The van der Waals surface area contributed by atoms with Crippen LogP contribution in [-0.2, 0) is 0 Å². The van der Waals surface area contributed by atoms with Crippen LogP contribution in [-0.4, -0.2) is 17.5 Å². The molecule has 0 unspecified atom stereocenters. The van der Waals surface area contributed by atoms with Gasteiger partial charge in [0.25, 0.3) is 0 Å². The number of halogens is 2. The van der Waals surface area contributed by atoms with Crippen molar-refractivity contribution in [3.05, 3.63) is 71.3 Å². The zero-order chi connectivity index (χ0) is 16.4. The second-order valence-corrected chi connectivity index (χ2v) is 6.73. The van der Waals surface area contributed by atoms with Gasteiger partial charge in [0.1, 0.15) is 11.6 Å². The van der Waals surface area contributed by atoms with Gasteiger partial charge in [0.2, 0.25) is 0 Å². The summed E-state index contributed by atoms with van der Waals surface area (Å²) in [7, 11) is 0. The van der Waals surface area contributed by atoms with Crippen LogP contribution in [0.2, 0.25) is 0 Å². The van der Waals surface area contributed by atoms with E-state index < -0.39 is 0 Å². The van der Waals surface area contributed by atoms with E-state index >= 15 is 0 Å². The van der Waals surface area contributed by atoms with Gasteiger partial charge in [0.15, 0.2) is 0 Å². The Morgan fingerprint density at radius 1 is 0.826 bits per heavy atom. The van der Waals surface area contributed by atoms with Crippen molar-refractivity contribution in [2.75, 3.05) is 6.54 Å². The highest BCUT2D eigenvalue weighted by Gasteiger charge is 2.31. The fourth-order valence-electron chi connectivity index (χ4n) is 3.55. The summed E-state index contributed by atoms with van der Waals surface area (Å²) in [6.07, 6.45) is 2.39. The molecule has 0 amide bonds. The second kappa shape index (κ2) is 6.79. The topological polar surface area (TPSA) is 3.24 Å². The maximum atomic E-state index is 13.3. The molecule has 23 heavy (non-hydrogen) atoms. The van der Waals surface area contributed by atoms with Gasteiger partial charge in [0, 0.05) is 12.6 Å². The molecule has 0 aliphatic carbocycles. The van der Waals surface area contributed by atoms with Gasteiger partial charge >= 0.3 is 0 Å². The molecule has 2 atom stereocenters. The van der Waals surface area contributed by atoms with Gasteiger partial charge in [-0.05, 0) is 61.1 Å². The van der Waals surface area contributed by atoms with E-state index in [2.05, 4.69) is 18.7 Å². The van der Waals surface area contributed by atoms with E-state index in [1.54, 1.807) is 0 Å². The first-order valence-electron chi connectivity index (χ1n) is 8.31. The van der Waals surface area contributed by atoms with Gasteiger partial charge in [-0.1, -0.05) is 31.2 Å². The zero-order valence-corrected chi connectivity index (χ0v) is 13.7. The number of hydrogen-bond donors (Lipinski definition) is 0. The maximum Gasteiger partial charge on any atom is 0.123 e. The summed E-state index contributed by atoms with van der Waals surface area (Å²) < 4.78 is 26.6. The van der Waals surface area contributed by atoms with Crippen molar-refractivity contribution in [3.63, 3.8) is 0 Å². The standard InChI is InChI=1S/C20H23F2N/c1-14-3-4-15(2)23(13-14)20(16-5-9-18(21)10-6-16)17-7-11-19(22)12-8-17/h5-12,14-15,20H,3-4,13H2,1-2H3/t14-,15+/m0/s1. The second-order valence-electron chi connectivity index (χ2n) is 6.73. The zero-order valence-electron chi connectivity index (χ0n) is 13.7. The molecule has 122 valence electrons. The minimum absolute atomic E-state index is 0.0361. The Morgan fingerprint density at radius 2 is 1.30 bits per heavy atom. The van der Waals surface area contributed by atoms with E-state index in [1.807, 2.05) is 24.3 Å². The largest absolute Gasteiger partial charge is 0.289 e. The van der Waals surface area contributed by atoms with Crippen molar-refractivity contribution >= 4 is 0 Å². The first-order chi connectivity index (χ1) is 11.0. The first-order valence-corrected chi connectivity index (χ1v) is 8.31. The lowest BCUT2D eigenvalue weighted by molar-refractivity contribution is 0.0933. The summed E-state index contributed by atoms with van der Waals surface area (Å²) in [6, 6.07) is 13.9. The average Bonchev–Trinajstić information content (AvgIpc) is 2.54. The molecule has 2 aromatic carbocycles. The molecular weight excluding hydrogens is 292 g/mol. The summed E-state index contributed by atoms with van der Waals surface area (Å²) in [5.41, 5.74) is 2.11. The lowest BCUT2D eigenvalue weighted by atomic mass is 9.89. The molecule has 1 saturated heterocycles. The minimum atomic E-state index is -0.230. The van der Waals surface area contributed by atoms with Gasteiger partial charge in [-0.2, -0.15) is 0 Å². The molecule has 0 radical (unpaired) electrons. The van der Waals surface area contributed by atoms with E-state index in [4.69, 9.17) is 0 Å². The summed E-state index contributed by atoms with van der Waals surface area (Å²) in [5, 5.41) is 0. The Kier molecular flexibility index (Phi) is 4.76. The van der Waals surface area contributed by atoms with Crippen LogP contribution in [0, 0.1) is 17.6 Å². The van der Waals surface area contributed by atoms with Crippen LogP contribution >= 0.6 is 0 Å². The number of piperidine rings is 1. The minimum Gasteiger partial charge on any atom is -0.289 e. The molecule has 0 N–H and O–H groups in total. The predicted octanol–water partition coefficient (Wildman–Crippen LogP) is 5.17. The summed E-state index contributed by atoms with van der Waals surface area (Å²) >= 11 is 0. The molecule has 3 rings (SSSR count). The van der Waals surface area contributed by atoms with Crippen molar-refractivity contribution in [1.29, 1.82) is 0 Å². The molecule has 1 fully saturated rings. The Hall–Kier alpha value is -1.74. The van der Waals surface area contributed by atoms with Crippen LogP contribution in [0.15, 0.2) is 48.5 Å². The first kappa shape index (κ1) is 16.1. The fourth-order valence-corrected chi connectivity index (χ4v) is 3.55. The third-order valence-corrected chi connectivity index (χ3v) is 4.87. The molecule has 2 aromatic rings. The van der Waals surface area contributed by atoms with Crippen LogP contribution in [0.3, 0.4) is 0 Å². The average molecular weight is 315 g/mol. The van der Waals surface area contributed by atoms with Crippen molar-refractivity contribution in [2.24, 2.45) is 5.92 Å². The Balaban J connectivity index is 2.01. The number of nitrogens with zero attached hydrogens (tertiary/aromatic N) is 1. The van der Waals surface area contributed by atoms with Crippen LogP contribution in [0.4, 0.5) is 8.78 Å². The quantitative estimate of drug-likeness (QED) is 0.755. The monoisotopic (exact) mass is 315 g/mol. The van der Waals surface area contributed by atoms with E-state index in [1.165, 1.54) is 30.7 Å². The third-order valence-electron chi connectivity index (χ3n) is 4.87. The SMILES string of the molecule is C[C@H]1CC[C@@H](C)N(C(c2ccc(F)cc2)c2ccc(F)cc2)C1. The number of hydrogen-bond acceptors (Lipinski definition) is 1. The highest BCUT2D eigenvalue weighted by atomic mass is 19.1. The molecule has 1 nitrogen and oxygen atoms in total. The van der Waals surface area contributed by atoms with Gasteiger partial charge < -0.3 is 0 Å². The molecule has 1 heterocycles. The highest BCUT2D eigenvalue weighted by molar-refractivity contribution is 5.32. The van der Waals surface area contributed by atoms with Crippen molar-refractivity contribution in [3.8, 4) is 0 Å². The van der Waals surface area contributed by atoms with Gasteiger partial charge in [-0.25, -0.2) is 8.78 Å².